The van der Waals surface area contributed by atoms with E-state index in [1.54, 1.807) is 12.1 Å². The molecular weight excluding hydrogens is 375 g/mol. The first kappa shape index (κ1) is 21.9. The normalized spacial score (nSPS) is 26.6. The fraction of sp³-hybridized carbons (Fsp3) is 0.636. The number of ether oxygens (including phenoxy) is 1. The van der Waals surface area contributed by atoms with Gasteiger partial charge in [0.15, 0.2) is 5.78 Å². The van der Waals surface area contributed by atoms with Crippen LogP contribution in [0.3, 0.4) is 0 Å². The van der Waals surface area contributed by atoms with E-state index in [-0.39, 0.29) is 24.6 Å². The molecule has 160 valence electrons. The lowest BCUT2D eigenvalue weighted by atomic mass is 9.80. The molecule has 29 heavy (non-hydrogen) atoms. The average Bonchev–Trinajstić information content (AvgIpc) is 2.72. The number of carbonyl (C=O) groups excluding carboxylic acids is 1. The Balaban J connectivity index is 1.98. The zero-order valence-corrected chi connectivity index (χ0v) is 17.1. The van der Waals surface area contributed by atoms with E-state index in [0.29, 0.717) is 32.7 Å². The van der Waals surface area contributed by atoms with Crippen molar-refractivity contribution in [2.45, 2.75) is 44.7 Å². The van der Waals surface area contributed by atoms with Gasteiger partial charge in [-0.1, -0.05) is 31.9 Å². The summed E-state index contributed by atoms with van der Waals surface area (Å²) in [6, 6.07) is 6.39. The monoisotopic (exact) mass is 406 g/mol. The van der Waals surface area contributed by atoms with Crippen LogP contribution in [0.25, 0.3) is 0 Å². The number of unbranched alkanes of at least 4 members (excludes halogenated alkanes) is 2. The second kappa shape index (κ2) is 9.78. The Morgan fingerprint density at radius 3 is 2.55 bits per heavy atom. The van der Waals surface area contributed by atoms with E-state index in [1.165, 1.54) is 12.1 Å². The lowest BCUT2D eigenvalue weighted by Gasteiger charge is -2.55. The summed E-state index contributed by atoms with van der Waals surface area (Å²) in [7, 11) is 0. The van der Waals surface area contributed by atoms with Gasteiger partial charge in [0.25, 0.3) is 0 Å². The van der Waals surface area contributed by atoms with Crippen molar-refractivity contribution in [3.63, 3.8) is 0 Å². The number of likely N-dealkylation sites (tertiary alicyclic amines) is 1. The summed E-state index contributed by atoms with van der Waals surface area (Å²) in [4.78, 5) is 29.0. The van der Waals surface area contributed by atoms with Crippen LogP contribution >= 0.6 is 0 Å². The summed E-state index contributed by atoms with van der Waals surface area (Å²) in [6.07, 6.45) is 3.88. The molecule has 0 radical (unpaired) electrons. The van der Waals surface area contributed by atoms with Gasteiger partial charge in [-0.15, -0.1) is 0 Å². The third-order valence-corrected chi connectivity index (χ3v) is 6.18. The highest BCUT2D eigenvalue weighted by Gasteiger charge is 2.51. The van der Waals surface area contributed by atoms with Crippen molar-refractivity contribution >= 4 is 11.8 Å². The van der Waals surface area contributed by atoms with Crippen LogP contribution in [0.1, 0.15) is 38.2 Å². The predicted octanol–water partition coefficient (Wildman–Crippen LogP) is 2.56. The predicted molar refractivity (Wildman–Crippen MR) is 107 cm³/mol. The van der Waals surface area contributed by atoms with Gasteiger partial charge in [-0.3, -0.25) is 19.4 Å². The second-order valence-corrected chi connectivity index (χ2v) is 8.08. The fourth-order valence-electron chi connectivity index (χ4n) is 4.61. The SMILES string of the molecule is CCCCCN1CC(=O)C(C(=O)O)CC1(Cc1ccc(F)cc1)N1CCOCC1. The molecule has 0 bridgehead atoms. The van der Waals surface area contributed by atoms with Gasteiger partial charge in [-0.2, -0.15) is 0 Å². The molecule has 1 N–H and O–H groups in total. The van der Waals surface area contributed by atoms with Gasteiger partial charge in [0.1, 0.15) is 11.7 Å². The molecule has 0 aromatic heterocycles. The van der Waals surface area contributed by atoms with Crippen molar-refractivity contribution in [1.29, 1.82) is 0 Å². The average molecular weight is 406 g/mol. The van der Waals surface area contributed by atoms with E-state index in [9.17, 15) is 19.1 Å². The lowest BCUT2D eigenvalue weighted by Crippen LogP contribution is -2.69. The zero-order valence-electron chi connectivity index (χ0n) is 17.1. The number of benzene rings is 1. The number of halogens is 1. The first-order valence-electron chi connectivity index (χ1n) is 10.5. The summed E-state index contributed by atoms with van der Waals surface area (Å²) >= 11 is 0. The molecule has 2 unspecified atom stereocenters. The number of aliphatic carboxylic acids is 1. The molecule has 1 aromatic carbocycles. The van der Waals surface area contributed by atoms with E-state index in [0.717, 1.165) is 31.4 Å². The number of Topliss-reactive ketones (excluding diaryl/α,β-unsaturated/α-hetero) is 1. The zero-order chi connectivity index (χ0) is 20.9. The molecule has 2 atom stereocenters. The molecule has 6 nitrogen and oxygen atoms in total. The minimum atomic E-state index is -1.06. The number of nitrogens with zero attached hydrogens (tertiary/aromatic N) is 2. The Bertz CT molecular complexity index is 705. The molecule has 2 heterocycles. The van der Waals surface area contributed by atoms with E-state index in [4.69, 9.17) is 4.74 Å². The van der Waals surface area contributed by atoms with Gasteiger partial charge in [0.2, 0.25) is 0 Å². The molecule has 0 saturated carbocycles. The Kier molecular flexibility index (Phi) is 7.38. The molecule has 2 aliphatic heterocycles. The van der Waals surface area contributed by atoms with Crippen molar-refractivity contribution in [1.82, 2.24) is 9.80 Å². The second-order valence-electron chi connectivity index (χ2n) is 8.08. The van der Waals surface area contributed by atoms with E-state index in [2.05, 4.69) is 16.7 Å². The standard InChI is InChI=1S/C22H31FN2O4/c1-2-3-4-9-25-16-20(26)19(21(27)28)15-22(25,24-10-12-29-13-11-24)14-17-5-7-18(23)8-6-17/h5-8,19H,2-4,9-16H2,1H3,(H,27,28). The minimum Gasteiger partial charge on any atom is -0.481 e. The Hall–Kier alpha value is -1.83. The van der Waals surface area contributed by atoms with Gasteiger partial charge in [-0.25, -0.2) is 4.39 Å². The van der Waals surface area contributed by atoms with Crippen LogP contribution in [0.2, 0.25) is 0 Å². The van der Waals surface area contributed by atoms with Crippen molar-refractivity contribution in [2.24, 2.45) is 5.92 Å². The highest BCUT2D eigenvalue weighted by molar-refractivity contribution is 6.00. The first-order chi connectivity index (χ1) is 14.0. The van der Waals surface area contributed by atoms with Crippen LogP contribution < -0.4 is 0 Å². The number of carboxylic acid groups (broad SMARTS) is 1. The number of carbonyl (C=O) groups is 2. The van der Waals surface area contributed by atoms with E-state index < -0.39 is 17.6 Å². The van der Waals surface area contributed by atoms with Crippen LogP contribution in [0.5, 0.6) is 0 Å². The number of hydrogen-bond acceptors (Lipinski definition) is 5. The smallest absolute Gasteiger partial charge is 0.314 e. The van der Waals surface area contributed by atoms with Gasteiger partial charge >= 0.3 is 5.97 Å². The van der Waals surface area contributed by atoms with Crippen LogP contribution in [0.4, 0.5) is 4.39 Å². The molecule has 2 saturated heterocycles. The Labute approximate surface area is 171 Å². The fourth-order valence-corrected chi connectivity index (χ4v) is 4.61. The van der Waals surface area contributed by atoms with Crippen molar-refractivity contribution < 1.29 is 23.8 Å². The first-order valence-corrected chi connectivity index (χ1v) is 10.5. The van der Waals surface area contributed by atoms with Crippen LogP contribution in [-0.2, 0) is 20.7 Å². The maximum Gasteiger partial charge on any atom is 0.314 e. The molecular formula is C22H31FN2O4. The number of ketones is 1. The maximum atomic E-state index is 13.5. The molecule has 0 spiro atoms. The molecule has 7 heteroatoms. The topological polar surface area (TPSA) is 70.1 Å². The van der Waals surface area contributed by atoms with Gasteiger partial charge < -0.3 is 9.84 Å². The molecule has 2 aliphatic rings. The van der Waals surface area contributed by atoms with Gasteiger partial charge in [0.05, 0.1) is 25.4 Å². The van der Waals surface area contributed by atoms with Crippen molar-refractivity contribution in [3.8, 4) is 0 Å². The van der Waals surface area contributed by atoms with Crippen LogP contribution in [0.15, 0.2) is 24.3 Å². The third kappa shape index (κ3) is 5.02. The molecule has 2 fully saturated rings. The number of carboxylic acids is 1. The highest BCUT2D eigenvalue weighted by atomic mass is 19.1. The highest BCUT2D eigenvalue weighted by Crippen LogP contribution is 2.37. The summed E-state index contributed by atoms with van der Waals surface area (Å²) < 4.78 is 19.0. The molecule has 1 aromatic rings. The van der Waals surface area contributed by atoms with Crippen molar-refractivity contribution in [2.75, 3.05) is 39.4 Å². The van der Waals surface area contributed by atoms with E-state index >= 15 is 0 Å². The largest absolute Gasteiger partial charge is 0.481 e. The molecule has 0 aliphatic carbocycles. The van der Waals surface area contributed by atoms with Crippen molar-refractivity contribution in [3.05, 3.63) is 35.6 Å². The minimum absolute atomic E-state index is 0.138. The number of rotatable bonds is 8. The molecule has 0 amide bonds. The molecule has 3 rings (SSSR count). The lowest BCUT2D eigenvalue weighted by molar-refractivity contribution is -0.167. The number of hydrogen-bond donors (Lipinski definition) is 1. The number of piperidine rings is 1. The maximum absolute atomic E-state index is 13.5. The Morgan fingerprint density at radius 2 is 1.93 bits per heavy atom. The quantitative estimate of drug-likeness (QED) is 0.529. The van der Waals surface area contributed by atoms with Crippen LogP contribution in [-0.4, -0.2) is 71.7 Å². The van der Waals surface area contributed by atoms with E-state index in [1.807, 2.05) is 0 Å². The number of morpholine rings is 1. The van der Waals surface area contributed by atoms with Crippen LogP contribution in [0, 0.1) is 11.7 Å². The van der Waals surface area contributed by atoms with Gasteiger partial charge in [0, 0.05) is 26.1 Å². The summed E-state index contributed by atoms with van der Waals surface area (Å²) in [5.74, 6) is -2.59. The van der Waals surface area contributed by atoms with Gasteiger partial charge in [-0.05, 0) is 30.5 Å². The summed E-state index contributed by atoms with van der Waals surface area (Å²) in [5.41, 5.74) is 0.351. The summed E-state index contributed by atoms with van der Waals surface area (Å²) in [5, 5.41) is 9.71. The third-order valence-electron chi connectivity index (χ3n) is 6.18. The Morgan fingerprint density at radius 1 is 1.24 bits per heavy atom. The summed E-state index contributed by atoms with van der Waals surface area (Å²) in [6.45, 7) is 5.55.